The molecule has 0 fully saturated rings. The van der Waals surface area contributed by atoms with Gasteiger partial charge in [-0.2, -0.15) is 4.98 Å². The quantitative estimate of drug-likeness (QED) is 0.761. The summed E-state index contributed by atoms with van der Waals surface area (Å²) < 4.78 is 22.9. The van der Waals surface area contributed by atoms with Crippen LogP contribution in [0, 0.1) is 12.7 Å². The molecule has 0 radical (unpaired) electrons. The third-order valence-electron chi connectivity index (χ3n) is 3.13. The van der Waals surface area contributed by atoms with E-state index in [0.29, 0.717) is 23.0 Å². The average molecular weight is 331 g/mol. The van der Waals surface area contributed by atoms with Crippen LogP contribution in [0.1, 0.15) is 24.6 Å². The van der Waals surface area contributed by atoms with E-state index in [9.17, 15) is 9.18 Å². The summed E-state index contributed by atoms with van der Waals surface area (Å²) in [5.74, 6) is 1.07. The number of hydrogen-bond acceptors (Lipinski definition) is 6. The summed E-state index contributed by atoms with van der Waals surface area (Å²) in [7, 11) is 0. The van der Waals surface area contributed by atoms with Gasteiger partial charge in [0.05, 0.1) is 0 Å². The summed E-state index contributed by atoms with van der Waals surface area (Å²) in [6.45, 7) is 3.41. The Balaban J connectivity index is 1.64. The van der Waals surface area contributed by atoms with Crippen LogP contribution in [-0.2, 0) is 0 Å². The van der Waals surface area contributed by atoms with E-state index in [2.05, 4.69) is 25.9 Å². The number of nitrogens with zero attached hydrogens (tertiary/aromatic N) is 3. The van der Waals surface area contributed by atoms with Gasteiger partial charge in [-0.15, -0.1) is 0 Å². The van der Waals surface area contributed by atoms with Crippen LogP contribution < -0.4 is 10.6 Å². The fraction of sp³-hybridized carbons (Fsp3) is 0.200. The molecule has 0 aliphatic carbocycles. The Morgan fingerprint density at radius 2 is 1.96 bits per heavy atom. The van der Waals surface area contributed by atoms with Crippen molar-refractivity contribution < 1.29 is 18.2 Å². The lowest BCUT2D eigenvalue weighted by Crippen LogP contribution is -2.31. The number of halogens is 1. The van der Waals surface area contributed by atoms with Crippen LogP contribution >= 0.6 is 0 Å². The molecule has 3 rings (SSSR count). The van der Waals surface area contributed by atoms with Crippen molar-refractivity contribution in [3.63, 3.8) is 0 Å². The van der Waals surface area contributed by atoms with Crippen molar-refractivity contribution in [1.82, 2.24) is 20.6 Å². The van der Waals surface area contributed by atoms with E-state index in [-0.39, 0.29) is 11.7 Å². The number of carbonyl (C=O) groups is 1. The zero-order valence-corrected chi connectivity index (χ0v) is 12.9. The summed E-state index contributed by atoms with van der Waals surface area (Å²) in [5.41, 5.74) is 0.612. The van der Waals surface area contributed by atoms with Crippen molar-refractivity contribution in [2.75, 3.05) is 5.32 Å². The normalized spacial score (nSPS) is 12.0. The second-order valence-corrected chi connectivity index (χ2v) is 5.11. The van der Waals surface area contributed by atoms with Gasteiger partial charge < -0.3 is 14.4 Å². The highest BCUT2D eigenvalue weighted by Gasteiger charge is 2.18. The standard InChI is InChI=1S/C15H14FN5O3/c1-8-7-12(20-23-8)18-15(22)17-9(2)14-19-13(21-24-14)10-3-5-11(16)6-4-10/h3-7,9H,1-2H3,(H2,17,18,20,22)/t9-/m0/s1. The van der Waals surface area contributed by atoms with Gasteiger partial charge in [0.15, 0.2) is 5.82 Å². The van der Waals surface area contributed by atoms with Gasteiger partial charge in [0, 0.05) is 11.6 Å². The minimum Gasteiger partial charge on any atom is -0.360 e. The summed E-state index contributed by atoms with van der Waals surface area (Å²) in [5, 5.41) is 12.6. The molecule has 2 aromatic heterocycles. The van der Waals surface area contributed by atoms with Crippen molar-refractivity contribution in [3.8, 4) is 11.4 Å². The molecule has 2 amide bonds. The molecule has 0 unspecified atom stereocenters. The van der Waals surface area contributed by atoms with Gasteiger partial charge in [0.1, 0.15) is 17.6 Å². The highest BCUT2D eigenvalue weighted by Crippen LogP contribution is 2.19. The molecule has 9 heteroatoms. The number of aromatic nitrogens is 3. The van der Waals surface area contributed by atoms with Crippen molar-refractivity contribution >= 4 is 11.8 Å². The molecule has 0 aliphatic heterocycles. The molecular weight excluding hydrogens is 317 g/mol. The Bertz CT molecular complexity index is 843. The number of rotatable bonds is 4. The monoisotopic (exact) mass is 331 g/mol. The van der Waals surface area contributed by atoms with E-state index < -0.39 is 12.1 Å². The lowest BCUT2D eigenvalue weighted by atomic mass is 10.2. The van der Waals surface area contributed by atoms with E-state index in [1.165, 1.54) is 12.1 Å². The molecule has 0 spiro atoms. The molecule has 8 nitrogen and oxygen atoms in total. The lowest BCUT2D eigenvalue weighted by molar-refractivity contribution is 0.245. The molecule has 0 bridgehead atoms. The van der Waals surface area contributed by atoms with Crippen molar-refractivity contribution in [2.24, 2.45) is 0 Å². The number of urea groups is 1. The minimum atomic E-state index is -0.528. The lowest BCUT2D eigenvalue weighted by Gasteiger charge is -2.09. The third-order valence-corrected chi connectivity index (χ3v) is 3.13. The van der Waals surface area contributed by atoms with Gasteiger partial charge in [-0.3, -0.25) is 5.32 Å². The average Bonchev–Trinajstić information content (AvgIpc) is 3.17. The maximum atomic E-state index is 12.9. The number of benzene rings is 1. The Kier molecular flexibility index (Phi) is 4.23. The zero-order valence-electron chi connectivity index (χ0n) is 12.9. The van der Waals surface area contributed by atoms with Crippen molar-refractivity contribution in [1.29, 1.82) is 0 Å². The molecule has 2 heterocycles. The molecule has 24 heavy (non-hydrogen) atoms. The number of hydrogen-bond donors (Lipinski definition) is 2. The summed E-state index contributed by atoms with van der Waals surface area (Å²) >= 11 is 0. The van der Waals surface area contributed by atoms with E-state index >= 15 is 0 Å². The van der Waals surface area contributed by atoms with E-state index in [4.69, 9.17) is 9.05 Å². The largest absolute Gasteiger partial charge is 0.360 e. The molecule has 2 N–H and O–H groups in total. The SMILES string of the molecule is Cc1cc(NC(=O)N[C@@H](C)c2nc(-c3ccc(F)cc3)no2)no1. The molecule has 0 saturated carbocycles. The first-order valence-electron chi connectivity index (χ1n) is 7.11. The van der Waals surface area contributed by atoms with Gasteiger partial charge >= 0.3 is 6.03 Å². The van der Waals surface area contributed by atoms with Crippen LogP contribution in [0.15, 0.2) is 39.4 Å². The predicted molar refractivity (Wildman–Crippen MR) is 81.5 cm³/mol. The summed E-state index contributed by atoms with van der Waals surface area (Å²) in [6.07, 6.45) is 0. The van der Waals surface area contributed by atoms with E-state index in [0.717, 1.165) is 0 Å². The summed E-state index contributed by atoms with van der Waals surface area (Å²) in [6, 6.07) is 6.27. The molecule has 3 aromatic rings. The first-order valence-corrected chi connectivity index (χ1v) is 7.11. The number of nitrogens with one attached hydrogen (secondary N) is 2. The maximum Gasteiger partial charge on any atom is 0.321 e. The van der Waals surface area contributed by atoms with Crippen LogP contribution in [-0.4, -0.2) is 21.3 Å². The zero-order chi connectivity index (χ0) is 17.1. The molecule has 0 aliphatic rings. The minimum absolute atomic E-state index is 0.223. The topological polar surface area (TPSA) is 106 Å². The van der Waals surface area contributed by atoms with Gasteiger partial charge in [-0.25, -0.2) is 9.18 Å². The van der Waals surface area contributed by atoms with Crippen LogP contribution in [0.2, 0.25) is 0 Å². The highest BCUT2D eigenvalue weighted by atomic mass is 19.1. The molecule has 1 atom stereocenters. The van der Waals surface area contributed by atoms with Gasteiger partial charge in [-0.1, -0.05) is 10.3 Å². The Hall–Kier alpha value is -3.23. The number of amides is 2. The van der Waals surface area contributed by atoms with Crippen LogP contribution in [0.3, 0.4) is 0 Å². The van der Waals surface area contributed by atoms with Crippen molar-refractivity contribution in [2.45, 2.75) is 19.9 Å². The fourth-order valence-electron chi connectivity index (χ4n) is 1.96. The van der Waals surface area contributed by atoms with Crippen LogP contribution in [0.4, 0.5) is 15.0 Å². The van der Waals surface area contributed by atoms with E-state index in [1.807, 2.05) is 0 Å². The van der Waals surface area contributed by atoms with Crippen LogP contribution in [0.5, 0.6) is 0 Å². The first-order chi connectivity index (χ1) is 11.5. The molecular formula is C15H14FN5O3. The Morgan fingerprint density at radius 3 is 2.62 bits per heavy atom. The number of carbonyl (C=O) groups excluding carboxylic acids is 1. The van der Waals surface area contributed by atoms with Gasteiger partial charge in [0.25, 0.3) is 0 Å². The maximum absolute atomic E-state index is 12.9. The van der Waals surface area contributed by atoms with Crippen molar-refractivity contribution in [3.05, 3.63) is 47.8 Å². The predicted octanol–water partition coefficient (Wildman–Crippen LogP) is 3.05. The molecule has 0 saturated heterocycles. The second kappa shape index (κ2) is 6.49. The summed E-state index contributed by atoms with van der Waals surface area (Å²) in [4.78, 5) is 16.1. The highest BCUT2D eigenvalue weighted by molar-refractivity contribution is 5.88. The fourth-order valence-corrected chi connectivity index (χ4v) is 1.96. The van der Waals surface area contributed by atoms with E-state index in [1.54, 1.807) is 32.0 Å². The van der Waals surface area contributed by atoms with Gasteiger partial charge in [-0.05, 0) is 38.1 Å². The third kappa shape index (κ3) is 3.57. The second-order valence-electron chi connectivity index (χ2n) is 5.11. The van der Waals surface area contributed by atoms with Crippen LogP contribution in [0.25, 0.3) is 11.4 Å². The molecule has 1 aromatic carbocycles. The Morgan fingerprint density at radius 1 is 1.21 bits per heavy atom. The first kappa shape index (κ1) is 15.7. The van der Waals surface area contributed by atoms with Gasteiger partial charge in [0.2, 0.25) is 11.7 Å². The molecule has 124 valence electrons. The smallest absolute Gasteiger partial charge is 0.321 e. The number of aryl methyl sites for hydroxylation is 1. The Labute approximate surface area is 136 Å². The number of anilines is 1.